The zero-order valence-corrected chi connectivity index (χ0v) is 20.7. The maximum atomic E-state index is 13.2. The van der Waals surface area contributed by atoms with E-state index in [1.165, 1.54) is 28.7 Å². The van der Waals surface area contributed by atoms with E-state index in [4.69, 9.17) is 4.98 Å². The number of nitrogens with one attached hydrogen (secondary N) is 1. The van der Waals surface area contributed by atoms with E-state index in [-0.39, 0.29) is 22.8 Å². The molecule has 1 fully saturated rings. The number of benzene rings is 2. The SMILES string of the molecule is C[C@@H](SCc1nc2scc(-c3ccccc3)c2c(=O)[nH]1)C(=O)N1CCC[C@@H]1Cc1ccccc1. The van der Waals surface area contributed by atoms with E-state index in [1.54, 1.807) is 0 Å². The normalized spacial score (nSPS) is 16.7. The Morgan fingerprint density at radius 2 is 1.91 bits per heavy atom. The molecule has 0 radical (unpaired) electrons. The molecular weight excluding hydrogens is 462 g/mol. The van der Waals surface area contributed by atoms with E-state index in [0.29, 0.717) is 17.0 Å². The maximum absolute atomic E-state index is 13.2. The molecule has 34 heavy (non-hydrogen) atoms. The number of H-pyrrole nitrogens is 1. The van der Waals surface area contributed by atoms with Crippen molar-refractivity contribution < 1.29 is 4.79 Å². The van der Waals surface area contributed by atoms with Gasteiger partial charge in [-0.2, -0.15) is 0 Å². The van der Waals surface area contributed by atoms with Crippen LogP contribution in [0.1, 0.15) is 31.2 Å². The third kappa shape index (κ3) is 4.81. The van der Waals surface area contributed by atoms with Crippen molar-refractivity contribution >= 4 is 39.2 Å². The number of aromatic nitrogens is 2. The van der Waals surface area contributed by atoms with E-state index < -0.39 is 0 Å². The Morgan fingerprint density at radius 1 is 1.18 bits per heavy atom. The molecule has 2 atom stereocenters. The highest BCUT2D eigenvalue weighted by atomic mass is 32.2. The van der Waals surface area contributed by atoms with E-state index in [9.17, 15) is 9.59 Å². The molecule has 3 heterocycles. The highest BCUT2D eigenvalue weighted by Crippen LogP contribution is 2.31. The zero-order valence-electron chi connectivity index (χ0n) is 19.1. The van der Waals surface area contributed by atoms with Gasteiger partial charge in [-0.3, -0.25) is 9.59 Å². The summed E-state index contributed by atoms with van der Waals surface area (Å²) in [6, 6.07) is 20.5. The van der Waals surface area contributed by atoms with Crippen LogP contribution in [0.4, 0.5) is 0 Å². The Hall–Kier alpha value is -2.90. The first-order chi connectivity index (χ1) is 16.6. The summed E-state index contributed by atoms with van der Waals surface area (Å²) in [5.74, 6) is 1.29. The van der Waals surface area contributed by atoms with Crippen LogP contribution in [0.3, 0.4) is 0 Å². The van der Waals surface area contributed by atoms with Gasteiger partial charge in [0.05, 0.1) is 16.4 Å². The third-order valence-corrected chi connectivity index (χ3v) is 8.38. The average Bonchev–Trinajstić information content (AvgIpc) is 3.51. The van der Waals surface area contributed by atoms with Crippen LogP contribution in [0, 0.1) is 0 Å². The Kier molecular flexibility index (Phi) is 6.83. The second-order valence-corrected chi connectivity index (χ2v) is 10.9. The topological polar surface area (TPSA) is 66.1 Å². The van der Waals surface area contributed by atoms with Crippen LogP contribution in [-0.2, 0) is 17.0 Å². The molecule has 1 saturated heterocycles. The van der Waals surface area contributed by atoms with Gasteiger partial charge in [0.1, 0.15) is 10.7 Å². The van der Waals surface area contributed by atoms with Crippen LogP contribution in [0.25, 0.3) is 21.3 Å². The minimum Gasteiger partial charge on any atom is -0.338 e. The van der Waals surface area contributed by atoms with Crippen molar-refractivity contribution in [3.63, 3.8) is 0 Å². The number of rotatable bonds is 7. The molecule has 1 N–H and O–H groups in total. The number of hydrogen-bond donors (Lipinski definition) is 1. The lowest BCUT2D eigenvalue weighted by atomic mass is 10.0. The van der Waals surface area contributed by atoms with Gasteiger partial charge in [-0.15, -0.1) is 23.1 Å². The third-order valence-electron chi connectivity index (χ3n) is 6.37. The minimum atomic E-state index is -0.194. The molecule has 2 aromatic heterocycles. The highest BCUT2D eigenvalue weighted by Gasteiger charge is 2.31. The van der Waals surface area contributed by atoms with E-state index >= 15 is 0 Å². The fourth-order valence-corrected chi connectivity index (χ4v) is 6.41. The number of carbonyl (C=O) groups is 1. The molecule has 2 aromatic carbocycles. The zero-order chi connectivity index (χ0) is 23.5. The number of hydrogen-bond acceptors (Lipinski definition) is 5. The Bertz CT molecular complexity index is 1330. The van der Waals surface area contributed by atoms with E-state index in [0.717, 1.165) is 41.8 Å². The molecule has 1 aliphatic heterocycles. The molecule has 4 aromatic rings. The van der Waals surface area contributed by atoms with Crippen molar-refractivity contribution in [2.24, 2.45) is 0 Å². The Labute approximate surface area is 207 Å². The molecule has 0 saturated carbocycles. The molecule has 0 aliphatic carbocycles. The molecule has 1 aliphatic rings. The lowest BCUT2D eigenvalue weighted by molar-refractivity contribution is -0.131. The Morgan fingerprint density at radius 3 is 2.68 bits per heavy atom. The summed E-state index contributed by atoms with van der Waals surface area (Å²) >= 11 is 3.02. The van der Waals surface area contributed by atoms with Crippen LogP contribution in [0.2, 0.25) is 0 Å². The van der Waals surface area contributed by atoms with Gasteiger partial charge in [-0.1, -0.05) is 60.7 Å². The number of amides is 1. The van der Waals surface area contributed by atoms with E-state index in [2.05, 4.69) is 34.1 Å². The monoisotopic (exact) mass is 489 g/mol. The smallest absolute Gasteiger partial charge is 0.260 e. The summed E-state index contributed by atoms with van der Waals surface area (Å²) < 4.78 is 0. The van der Waals surface area contributed by atoms with Gasteiger partial charge in [0.25, 0.3) is 5.56 Å². The van der Waals surface area contributed by atoms with E-state index in [1.807, 2.05) is 48.7 Å². The van der Waals surface area contributed by atoms with Gasteiger partial charge in [0, 0.05) is 23.5 Å². The van der Waals surface area contributed by atoms with Crippen molar-refractivity contribution in [1.29, 1.82) is 0 Å². The van der Waals surface area contributed by atoms with Gasteiger partial charge in [0.15, 0.2) is 0 Å². The highest BCUT2D eigenvalue weighted by molar-refractivity contribution is 7.99. The molecule has 5 nitrogen and oxygen atoms in total. The molecule has 1 amide bonds. The number of thioether (sulfide) groups is 1. The average molecular weight is 490 g/mol. The molecular formula is C27H27N3O2S2. The fraction of sp³-hybridized carbons (Fsp3) is 0.296. The maximum Gasteiger partial charge on any atom is 0.260 e. The summed E-state index contributed by atoms with van der Waals surface area (Å²) in [5.41, 5.74) is 3.07. The number of fused-ring (bicyclic) bond motifs is 1. The van der Waals surface area contributed by atoms with Crippen molar-refractivity contribution in [3.05, 3.63) is 87.8 Å². The summed E-state index contributed by atoms with van der Waals surface area (Å²) in [5, 5.41) is 2.43. The number of carbonyl (C=O) groups excluding carboxylic acids is 1. The quantitative estimate of drug-likeness (QED) is 0.372. The van der Waals surface area contributed by atoms with Crippen molar-refractivity contribution in [2.45, 2.75) is 43.2 Å². The van der Waals surface area contributed by atoms with Crippen LogP contribution in [0.5, 0.6) is 0 Å². The molecule has 0 spiro atoms. The number of nitrogens with zero attached hydrogens (tertiary/aromatic N) is 2. The summed E-state index contributed by atoms with van der Waals surface area (Å²) in [4.78, 5) is 36.5. The first-order valence-corrected chi connectivity index (χ1v) is 13.5. The summed E-state index contributed by atoms with van der Waals surface area (Å²) in [6.45, 7) is 2.78. The standard InChI is InChI=1S/C27H27N3O2S2/c1-18(27(32)30-14-8-13-21(30)15-19-9-4-2-5-10-19)33-17-23-28-25(31)24-22(16-34-26(24)29-23)20-11-6-3-7-12-20/h2-7,9-12,16,18,21H,8,13-15,17H2,1H3,(H,28,29,31)/t18-,21-/m1/s1. The largest absolute Gasteiger partial charge is 0.338 e. The molecule has 5 rings (SSSR count). The predicted molar refractivity (Wildman–Crippen MR) is 141 cm³/mol. The lowest BCUT2D eigenvalue weighted by Crippen LogP contribution is -2.41. The molecule has 174 valence electrons. The van der Waals surface area contributed by atoms with Gasteiger partial charge >= 0.3 is 0 Å². The first kappa shape index (κ1) is 22.9. The van der Waals surface area contributed by atoms with Crippen LogP contribution in [-0.4, -0.2) is 38.6 Å². The summed E-state index contributed by atoms with van der Waals surface area (Å²) in [6.07, 6.45) is 3.00. The van der Waals surface area contributed by atoms with Crippen LogP contribution in [0.15, 0.2) is 70.8 Å². The van der Waals surface area contributed by atoms with Crippen LogP contribution < -0.4 is 5.56 Å². The Balaban J connectivity index is 1.26. The van der Waals surface area contributed by atoms with Gasteiger partial charge < -0.3 is 9.88 Å². The molecule has 0 bridgehead atoms. The molecule has 0 unspecified atom stereocenters. The predicted octanol–water partition coefficient (Wildman–Crippen LogP) is 5.51. The number of aromatic amines is 1. The second kappa shape index (κ2) is 10.2. The van der Waals surface area contributed by atoms with Gasteiger partial charge in [0.2, 0.25) is 5.91 Å². The first-order valence-electron chi connectivity index (χ1n) is 11.6. The van der Waals surface area contributed by atoms with Gasteiger partial charge in [-0.25, -0.2) is 4.98 Å². The van der Waals surface area contributed by atoms with Gasteiger partial charge in [-0.05, 0) is 37.3 Å². The number of likely N-dealkylation sites (tertiary alicyclic amines) is 1. The second-order valence-electron chi connectivity index (χ2n) is 8.68. The summed E-state index contributed by atoms with van der Waals surface area (Å²) in [7, 11) is 0. The van der Waals surface area contributed by atoms with Crippen molar-refractivity contribution in [3.8, 4) is 11.1 Å². The lowest BCUT2D eigenvalue weighted by Gasteiger charge is -2.27. The van der Waals surface area contributed by atoms with Crippen LogP contribution >= 0.6 is 23.1 Å². The number of thiophene rings is 1. The van der Waals surface area contributed by atoms with Crippen molar-refractivity contribution in [2.75, 3.05) is 6.54 Å². The van der Waals surface area contributed by atoms with Crippen molar-refractivity contribution in [1.82, 2.24) is 14.9 Å². The molecule has 7 heteroatoms. The fourth-order valence-electron chi connectivity index (χ4n) is 4.62. The minimum absolute atomic E-state index is 0.123.